The molecule has 0 bridgehead atoms. The molecule has 0 radical (unpaired) electrons. The predicted octanol–water partition coefficient (Wildman–Crippen LogP) is 0.390. The van der Waals surface area contributed by atoms with Gasteiger partial charge < -0.3 is 19.9 Å². The van der Waals surface area contributed by atoms with Crippen molar-refractivity contribution < 1.29 is 4.74 Å². The summed E-state index contributed by atoms with van der Waals surface area (Å²) in [4.78, 5) is 21.2. The maximum atomic E-state index is 11.6. The van der Waals surface area contributed by atoms with Gasteiger partial charge in [-0.3, -0.25) is 4.79 Å². The van der Waals surface area contributed by atoms with Crippen LogP contribution in [0.4, 0.5) is 0 Å². The summed E-state index contributed by atoms with van der Waals surface area (Å²) in [7, 11) is 1.67. The van der Waals surface area contributed by atoms with E-state index >= 15 is 0 Å². The van der Waals surface area contributed by atoms with E-state index in [1.165, 1.54) is 0 Å². The van der Waals surface area contributed by atoms with Crippen molar-refractivity contribution in [1.29, 1.82) is 0 Å². The normalized spacial score (nSPS) is 11.2. The van der Waals surface area contributed by atoms with Crippen molar-refractivity contribution in [3.8, 4) is 0 Å². The molecule has 0 aliphatic rings. The van der Waals surface area contributed by atoms with E-state index in [9.17, 15) is 4.79 Å². The van der Waals surface area contributed by atoms with Crippen LogP contribution in [0.5, 0.6) is 0 Å². The number of methoxy groups -OCH3 is 1. The van der Waals surface area contributed by atoms with Crippen LogP contribution in [0, 0.1) is 0 Å². The lowest BCUT2D eigenvalue weighted by atomic mass is 10.3. The van der Waals surface area contributed by atoms with Crippen molar-refractivity contribution in [3.63, 3.8) is 0 Å². The highest BCUT2D eigenvalue weighted by Crippen LogP contribution is 1.96. The van der Waals surface area contributed by atoms with E-state index in [2.05, 4.69) is 34.0 Å². The Morgan fingerprint density at radius 1 is 1.40 bits per heavy atom. The van der Waals surface area contributed by atoms with Gasteiger partial charge in [-0.2, -0.15) is 0 Å². The smallest absolute Gasteiger partial charge is 0.251 e. The number of H-pyrrole nitrogens is 1. The molecule has 0 aliphatic heterocycles. The minimum Gasteiger partial charge on any atom is -0.383 e. The first-order valence-corrected chi connectivity index (χ1v) is 7.20. The molecule has 20 heavy (non-hydrogen) atoms. The van der Waals surface area contributed by atoms with Crippen LogP contribution in [0.3, 0.4) is 0 Å². The Kier molecular flexibility index (Phi) is 8.10. The van der Waals surface area contributed by atoms with E-state index < -0.39 is 0 Å². The topological polar surface area (TPSA) is 70.2 Å². The van der Waals surface area contributed by atoms with Crippen LogP contribution in [-0.2, 0) is 17.7 Å². The van der Waals surface area contributed by atoms with Gasteiger partial charge in [0.25, 0.3) is 5.56 Å². The summed E-state index contributed by atoms with van der Waals surface area (Å²) >= 11 is 0. The number of hydrogen-bond donors (Lipinski definition) is 2. The first kappa shape index (κ1) is 16.8. The van der Waals surface area contributed by atoms with Gasteiger partial charge >= 0.3 is 0 Å². The molecule has 0 fully saturated rings. The number of aromatic amines is 1. The molecule has 0 spiro atoms. The maximum Gasteiger partial charge on any atom is 0.251 e. The second kappa shape index (κ2) is 9.63. The molecule has 0 unspecified atom stereocenters. The van der Waals surface area contributed by atoms with Crippen LogP contribution < -0.4 is 10.9 Å². The van der Waals surface area contributed by atoms with Crippen LogP contribution in [0.1, 0.15) is 25.4 Å². The minimum absolute atomic E-state index is 0.0851. The number of hydrogen-bond acceptors (Lipinski definition) is 5. The van der Waals surface area contributed by atoms with Crippen LogP contribution in [-0.4, -0.2) is 54.8 Å². The zero-order chi connectivity index (χ0) is 14.8. The average molecular weight is 282 g/mol. The second-order valence-corrected chi connectivity index (χ2v) is 4.63. The van der Waals surface area contributed by atoms with E-state index in [0.717, 1.165) is 44.1 Å². The molecule has 6 nitrogen and oxygen atoms in total. The Morgan fingerprint density at radius 3 is 2.80 bits per heavy atom. The van der Waals surface area contributed by atoms with Crippen LogP contribution >= 0.6 is 0 Å². The zero-order valence-corrected chi connectivity index (χ0v) is 12.7. The Labute approximate surface area is 120 Å². The standard InChI is InChI=1S/C14H26N4O2/c1-4-18(5-2)8-6-13-16-12(10-14(19)17-13)11-15-7-9-20-3/h10,15H,4-9,11H2,1-3H3,(H,16,17,19). The number of aromatic nitrogens is 2. The van der Waals surface area contributed by atoms with Crippen molar-refractivity contribution >= 4 is 0 Å². The Morgan fingerprint density at radius 2 is 2.15 bits per heavy atom. The van der Waals surface area contributed by atoms with Gasteiger partial charge in [0, 0.05) is 39.2 Å². The van der Waals surface area contributed by atoms with E-state index in [1.54, 1.807) is 13.2 Å². The molecule has 1 aromatic heterocycles. The van der Waals surface area contributed by atoms with Gasteiger partial charge in [-0.1, -0.05) is 13.8 Å². The molecule has 1 aromatic rings. The van der Waals surface area contributed by atoms with Crippen LogP contribution in [0.25, 0.3) is 0 Å². The summed E-state index contributed by atoms with van der Waals surface area (Å²) in [5.41, 5.74) is 0.692. The Bertz CT molecular complexity index is 429. The fraction of sp³-hybridized carbons (Fsp3) is 0.714. The van der Waals surface area contributed by atoms with E-state index in [4.69, 9.17) is 4.74 Å². The third kappa shape index (κ3) is 6.27. The van der Waals surface area contributed by atoms with Gasteiger partial charge in [-0.05, 0) is 13.1 Å². The third-order valence-electron chi connectivity index (χ3n) is 3.19. The van der Waals surface area contributed by atoms with Gasteiger partial charge in [0.05, 0.1) is 12.3 Å². The Balaban J connectivity index is 2.54. The van der Waals surface area contributed by atoms with Gasteiger partial charge in [0.15, 0.2) is 0 Å². The molecule has 1 rings (SSSR count). The molecular formula is C14H26N4O2. The lowest BCUT2D eigenvalue weighted by Crippen LogP contribution is -2.27. The van der Waals surface area contributed by atoms with E-state index in [-0.39, 0.29) is 5.56 Å². The van der Waals surface area contributed by atoms with Crippen molar-refractivity contribution in [3.05, 3.63) is 27.9 Å². The molecule has 114 valence electrons. The summed E-state index contributed by atoms with van der Waals surface area (Å²) in [6, 6.07) is 1.54. The third-order valence-corrected chi connectivity index (χ3v) is 3.19. The number of nitrogens with zero attached hydrogens (tertiary/aromatic N) is 2. The zero-order valence-electron chi connectivity index (χ0n) is 12.7. The highest BCUT2D eigenvalue weighted by Gasteiger charge is 2.04. The van der Waals surface area contributed by atoms with Gasteiger partial charge in [-0.25, -0.2) is 4.98 Å². The maximum absolute atomic E-state index is 11.6. The lowest BCUT2D eigenvalue weighted by molar-refractivity contribution is 0.199. The monoisotopic (exact) mass is 282 g/mol. The quantitative estimate of drug-likeness (QED) is 0.608. The van der Waals surface area contributed by atoms with E-state index in [1.807, 2.05) is 0 Å². The number of likely N-dealkylation sites (N-methyl/N-ethyl adjacent to an activating group) is 1. The number of nitrogens with one attached hydrogen (secondary N) is 2. The molecule has 0 saturated heterocycles. The van der Waals surface area contributed by atoms with Crippen molar-refractivity contribution in [2.24, 2.45) is 0 Å². The lowest BCUT2D eigenvalue weighted by Gasteiger charge is -2.17. The molecule has 0 amide bonds. The summed E-state index contributed by atoms with van der Waals surface area (Å²) in [6.07, 6.45) is 0.767. The highest BCUT2D eigenvalue weighted by molar-refractivity contribution is 5.03. The SMILES string of the molecule is CCN(CC)CCc1nc(CNCCOC)cc(=O)[nH]1. The first-order chi connectivity index (χ1) is 9.69. The molecule has 6 heteroatoms. The molecular weight excluding hydrogens is 256 g/mol. The molecule has 1 heterocycles. The van der Waals surface area contributed by atoms with Crippen molar-refractivity contribution in [2.75, 3.05) is 39.9 Å². The molecule has 0 saturated carbocycles. The molecule has 2 N–H and O–H groups in total. The summed E-state index contributed by atoms with van der Waals surface area (Å²) in [5.74, 6) is 0.757. The Hall–Kier alpha value is -1.24. The second-order valence-electron chi connectivity index (χ2n) is 4.63. The van der Waals surface area contributed by atoms with Gasteiger partial charge in [0.1, 0.15) is 5.82 Å². The molecule has 0 aromatic carbocycles. The van der Waals surface area contributed by atoms with Crippen molar-refractivity contribution in [2.45, 2.75) is 26.8 Å². The number of ether oxygens (including phenoxy) is 1. The summed E-state index contributed by atoms with van der Waals surface area (Å²) in [6.45, 7) is 9.20. The largest absolute Gasteiger partial charge is 0.383 e. The first-order valence-electron chi connectivity index (χ1n) is 7.20. The van der Waals surface area contributed by atoms with Crippen LogP contribution in [0.15, 0.2) is 10.9 Å². The van der Waals surface area contributed by atoms with Crippen molar-refractivity contribution in [1.82, 2.24) is 20.2 Å². The fourth-order valence-electron chi connectivity index (χ4n) is 1.97. The minimum atomic E-state index is -0.0851. The summed E-state index contributed by atoms with van der Waals surface area (Å²) < 4.78 is 4.96. The molecule has 0 aliphatic carbocycles. The fourth-order valence-corrected chi connectivity index (χ4v) is 1.97. The predicted molar refractivity (Wildman–Crippen MR) is 79.9 cm³/mol. The number of rotatable bonds is 10. The molecule has 0 atom stereocenters. The van der Waals surface area contributed by atoms with Crippen LogP contribution in [0.2, 0.25) is 0 Å². The summed E-state index contributed by atoms with van der Waals surface area (Å²) in [5, 5.41) is 3.19. The highest BCUT2D eigenvalue weighted by atomic mass is 16.5. The van der Waals surface area contributed by atoms with Gasteiger partial charge in [-0.15, -0.1) is 0 Å². The van der Waals surface area contributed by atoms with Gasteiger partial charge in [0.2, 0.25) is 0 Å². The average Bonchev–Trinajstić information content (AvgIpc) is 2.44. The van der Waals surface area contributed by atoms with E-state index in [0.29, 0.717) is 13.2 Å².